The molecule has 0 saturated heterocycles. The molecular weight excluding hydrogens is 239 g/mol. The van der Waals surface area contributed by atoms with E-state index in [1.807, 2.05) is 24.3 Å². The summed E-state index contributed by atoms with van der Waals surface area (Å²) in [6, 6.07) is 17.1. The summed E-state index contributed by atoms with van der Waals surface area (Å²) in [4.78, 5) is 0. The number of rotatable bonds is 4. The molecular formula is C16H17FN2. The molecule has 3 unspecified atom stereocenters. The zero-order valence-electron chi connectivity index (χ0n) is 10.6. The number of hydrazine groups is 1. The summed E-state index contributed by atoms with van der Waals surface area (Å²) in [5.41, 5.74) is 4.75. The van der Waals surface area contributed by atoms with Crippen LogP contribution >= 0.6 is 0 Å². The fraction of sp³-hybridized carbons (Fsp3) is 0.250. The normalized spacial score (nSPS) is 23.1. The lowest BCUT2D eigenvalue weighted by molar-refractivity contribution is 0.461. The van der Waals surface area contributed by atoms with Crippen LogP contribution in [0.5, 0.6) is 0 Å². The van der Waals surface area contributed by atoms with Crippen molar-refractivity contribution >= 4 is 0 Å². The Morgan fingerprint density at radius 3 is 2.42 bits per heavy atom. The van der Waals surface area contributed by atoms with Gasteiger partial charge in [0.15, 0.2) is 0 Å². The summed E-state index contributed by atoms with van der Waals surface area (Å²) >= 11 is 0. The van der Waals surface area contributed by atoms with Crippen molar-refractivity contribution in [2.45, 2.75) is 18.4 Å². The van der Waals surface area contributed by atoms with Crippen LogP contribution in [-0.2, 0) is 0 Å². The Morgan fingerprint density at radius 1 is 1.05 bits per heavy atom. The van der Waals surface area contributed by atoms with Gasteiger partial charge >= 0.3 is 0 Å². The third-order valence-electron chi connectivity index (χ3n) is 3.92. The van der Waals surface area contributed by atoms with Gasteiger partial charge in [-0.2, -0.15) is 0 Å². The number of benzene rings is 2. The molecule has 2 aromatic carbocycles. The maximum atomic E-state index is 13.8. The van der Waals surface area contributed by atoms with Gasteiger partial charge in [-0.1, -0.05) is 48.5 Å². The first kappa shape index (κ1) is 12.3. The van der Waals surface area contributed by atoms with Gasteiger partial charge in [0, 0.05) is 5.56 Å². The van der Waals surface area contributed by atoms with Gasteiger partial charge in [0.05, 0.1) is 6.04 Å². The van der Waals surface area contributed by atoms with Gasteiger partial charge in [-0.05, 0) is 29.9 Å². The third kappa shape index (κ3) is 2.39. The first-order valence-corrected chi connectivity index (χ1v) is 6.56. The van der Waals surface area contributed by atoms with Crippen molar-refractivity contribution in [3.63, 3.8) is 0 Å². The quantitative estimate of drug-likeness (QED) is 0.651. The lowest BCUT2D eigenvalue weighted by Crippen LogP contribution is -2.30. The Morgan fingerprint density at radius 2 is 1.74 bits per heavy atom. The van der Waals surface area contributed by atoms with E-state index in [9.17, 15) is 4.39 Å². The molecule has 3 N–H and O–H groups in total. The van der Waals surface area contributed by atoms with Crippen LogP contribution < -0.4 is 11.3 Å². The van der Waals surface area contributed by atoms with Gasteiger partial charge in [0.1, 0.15) is 5.82 Å². The largest absolute Gasteiger partial charge is 0.271 e. The predicted molar refractivity (Wildman–Crippen MR) is 73.8 cm³/mol. The van der Waals surface area contributed by atoms with Crippen LogP contribution in [-0.4, -0.2) is 0 Å². The van der Waals surface area contributed by atoms with Gasteiger partial charge in [-0.3, -0.25) is 11.3 Å². The minimum atomic E-state index is -0.191. The zero-order chi connectivity index (χ0) is 13.2. The van der Waals surface area contributed by atoms with E-state index in [4.69, 9.17) is 5.84 Å². The Bertz CT molecular complexity index is 556. The zero-order valence-corrected chi connectivity index (χ0v) is 10.6. The number of nitrogens with one attached hydrogen (secondary N) is 1. The molecule has 1 fully saturated rings. The van der Waals surface area contributed by atoms with E-state index in [0.29, 0.717) is 17.4 Å². The fourth-order valence-electron chi connectivity index (χ4n) is 2.84. The van der Waals surface area contributed by atoms with Crippen LogP contribution in [0.15, 0.2) is 54.6 Å². The fourth-order valence-corrected chi connectivity index (χ4v) is 2.84. The highest BCUT2D eigenvalue weighted by molar-refractivity contribution is 5.31. The van der Waals surface area contributed by atoms with Crippen molar-refractivity contribution in [1.29, 1.82) is 0 Å². The summed E-state index contributed by atoms with van der Waals surface area (Å²) in [7, 11) is 0. The lowest BCUT2D eigenvalue weighted by atomic mass is 9.99. The van der Waals surface area contributed by atoms with Gasteiger partial charge in [-0.15, -0.1) is 0 Å². The molecule has 2 nitrogen and oxygen atoms in total. The summed E-state index contributed by atoms with van der Waals surface area (Å²) in [6.45, 7) is 0. The second-order valence-electron chi connectivity index (χ2n) is 5.08. The Hall–Kier alpha value is -1.71. The van der Waals surface area contributed by atoms with Crippen molar-refractivity contribution in [2.75, 3.05) is 0 Å². The van der Waals surface area contributed by atoms with E-state index in [-0.39, 0.29) is 11.9 Å². The number of hydrogen-bond donors (Lipinski definition) is 2. The smallest absolute Gasteiger partial charge is 0.128 e. The first-order valence-electron chi connectivity index (χ1n) is 6.56. The molecule has 98 valence electrons. The molecule has 0 radical (unpaired) electrons. The summed E-state index contributed by atoms with van der Waals surface area (Å²) in [5.74, 6) is 6.29. The van der Waals surface area contributed by atoms with E-state index in [1.165, 1.54) is 11.6 Å². The van der Waals surface area contributed by atoms with E-state index in [0.717, 1.165) is 6.42 Å². The predicted octanol–water partition coefficient (Wildman–Crippen LogP) is 3.13. The molecule has 0 amide bonds. The summed E-state index contributed by atoms with van der Waals surface area (Å²) in [5, 5.41) is 0. The third-order valence-corrected chi connectivity index (χ3v) is 3.92. The maximum absolute atomic E-state index is 13.8. The SMILES string of the molecule is NNC(c1ccccc1F)C1CC1c1ccccc1. The summed E-state index contributed by atoms with van der Waals surface area (Å²) < 4.78 is 13.8. The highest BCUT2D eigenvalue weighted by Gasteiger charge is 2.44. The van der Waals surface area contributed by atoms with E-state index in [2.05, 4.69) is 17.6 Å². The Kier molecular flexibility index (Phi) is 3.32. The Labute approximate surface area is 112 Å². The monoisotopic (exact) mass is 256 g/mol. The molecule has 0 aromatic heterocycles. The molecule has 1 saturated carbocycles. The van der Waals surface area contributed by atoms with Gasteiger partial charge in [0.2, 0.25) is 0 Å². The van der Waals surface area contributed by atoms with Crippen molar-refractivity contribution in [3.8, 4) is 0 Å². The molecule has 0 bridgehead atoms. The molecule has 3 atom stereocenters. The van der Waals surface area contributed by atoms with Crippen LogP contribution in [0, 0.1) is 11.7 Å². The van der Waals surface area contributed by atoms with Crippen LogP contribution in [0.3, 0.4) is 0 Å². The van der Waals surface area contributed by atoms with Crippen LogP contribution in [0.4, 0.5) is 4.39 Å². The second kappa shape index (κ2) is 5.11. The van der Waals surface area contributed by atoms with Gasteiger partial charge in [0.25, 0.3) is 0 Å². The van der Waals surface area contributed by atoms with Crippen molar-refractivity contribution in [3.05, 3.63) is 71.5 Å². The molecule has 1 aliphatic rings. The number of halogens is 1. The average Bonchev–Trinajstić information content (AvgIpc) is 3.23. The molecule has 0 aliphatic heterocycles. The lowest BCUT2D eigenvalue weighted by Gasteiger charge is -2.17. The molecule has 0 heterocycles. The van der Waals surface area contributed by atoms with Crippen molar-refractivity contribution in [2.24, 2.45) is 11.8 Å². The minimum Gasteiger partial charge on any atom is -0.271 e. The molecule has 2 aromatic rings. The van der Waals surface area contributed by atoms with Crippen molar-refractivity contribution < 1.29 is 4.39 Å². The standard InChI is InChI=1S/C16H17FN2/c17-15-9-5-4-8-12(15)16(19-18)14-10-13(14)11-6-2-1-3-7-11/h1-9,13-14,16,19H,10,18H2. The molecule has 0 spiro atoms. The number of hydrogen-bond acceptors (Lipinski definition) is 2. The second-order valence-corrected chi connectivity index (χ2v) is 5.08. The van der Waals surface area contributed by atoms with E-state index in [1.54, 1.807) is 12.1 Å². The topological polar surface area (TPSA) is 38.0 Å². The van der Waals surface area contributed by atoms with E-state index >= 15 is 0 Å². The molecule has 3 rings (SSSR count). The van der Waals surface area contributed by atoms with E-state index < -0.39 is 0 Å². The van der Waals surface area contributed by atoms with Crippen LogP contribution in [0.2, 0.25) is 0 Å². The molecule has 1 aliphatic carbocycles. The maximum Gasteiger partial charge on any atom is 0.128 e. The highest BCUT2D eigenvalue weighted by atomic mass is 19.1. The molecule has 19 heavy (non-hydrogen) atoms. The van der Waals surface area contributed by atoms with Crippen LogP contribution in [0.25, 0.3) is 0 Å². The highest BCUT2D eigenvalue weighted by Crippen LogP contribution is 2.53. The average molecular weight is 256 g/mol. The Balaban J connectivity index is 1.81. The van der Waals surface area contributed by atoms with Gasteiger partial charge < -0.3 is 0 Å². The van der Waals surface area contributed by atoms with Crippen LogP contribution in [0.1, 0.15) is 29.5 Å². The number of nitrogens with two attached hydrogens (primary N) is 1. The summed E-state index contributed by atoms with van der Waals surface area (Å²) in [6.07, 6.45) is 1.05. The minimum absolute atomic E-state index is 0.119. The van der Waals surface area contributed by atoms with Crippen molar-refractivity contribution in [1.82, 2.24) is 5.43 Å². The van der Waals surface area contributed by atoms with Gasteiger partial charge in [-0.25, -0.2) is 4.39 Å². The molecule has 3 heteroatoms. The first-order chi connectivity index (χ1) is 9.31.